The number of aryl methyl sites for hydroxylation is 3. The van der Waals surface area contributed by atoms with Crippen molar-refractivity contribution in [3.8, 4) is 5.75 Å². The molecule has 224 valence electrons. The van der Waals surface area contributed by atoms with Crippen molar-refractivity contribution in [3.63, 3.8) is 0 Å². The van der Waals surface area contributed by atoms with E-state index in [0.29, 0.717) is 10.9 Å². The molecule has 0 unspecified atom stereocenters. The lowest BCUT2D eigenvalue weighted by Crippen LogP contribution is -2.12. The van der Waals surface area contributed by atoms with E-state index in [1.54, 1.807) is 36.4 Å². The van der Waals surface area contributed by atoms with Crippen molar-refractivity contribution in [1.82, 2.24) is 3.97 Å². The van der Waals surface area contributed by atoms with Gasteiger partial charge in [0, 0.05) is 11.6 Å². The third-order valence-electron chi connectivity index (χ3n) is 6.84. The third-order valence-corrected chi connectivity index (χ3v) is 11.1. The van der Waals surface area contributed by atoms with Crippen LogP contribution in [0.2, 0.25) is 0 Å². The standard InChI is InChI=1S/C31H29NO8S3/c1-22-4-11-27(12-5-22)41(33,34)32-21-25(18-19-39-42(35,36)28-13-6-23(2)7-14-28)30-20-26(10-17-31(30)32)40-43(37,38)29-15-8-24(3)9-16-29/h4-17,20-21H,18-19H2,1-3H3. The highest BCUT2D eigenvalue weighted by atomic mass is 32.2. The van der Waals surface area contributed by atoms with Crippen molar-refractivity contribution in [1.29, 1.82) is 0 Å². The van der Waals surface area contributed by atoms with Crippen LogP contribution in [0.4, 0.5) is 0 Å². The molecule has 0 spiro atoms. The third kappa shape index (κ3) is 6.52. The lowest BCUT2D eigenvalue weighted by Gasteiger charge is -2.10. The minimum Gasteiger partial charge on any atom is -0.379 e. The van der Waals surface area contributed by atoms with E-state index in [0.717, 1.165) is 20.7 Å². The Balaban J connectivity index is 1.52. The Bertz CT molecular complexity index is 2120. The van der Waals surface area contributed by atoms with Crippen LogP contribution in [0.5, 0.6) is 5.75 Å². The van der Waals surface area contributed by atoms with Gasteiger partial charge in [0.2, 0.25) is 0 Å². The van der Waals surface area contributed by atoms with Crippen molar-refractivity contribution in [2.45, 2.75) is 41.9 Å². The smallest absolute Gasteiger partial charge is 0.339 e. The first-order valence-corrected chi connectivity index (χ1v) is 17.5. The van der Waals surface area contributed by atoms with Crippen LogP contribution in [0, 0.1) is 20.8 Å². The van der Waals surface area contributed by atoms with Gasteiger partial charge >= 0.3 is 10.1 Å². The minimum absolute atomic E-state index is 0.000486. The zero-order valence-electron chi connectivity index (χ0n) is 23.6. The first-order chi connectivity index (χ1) is 20.3. The van der Waals surface area contributed by atoms with Crippen LogP contribution in [0.25, 0.3) is 10.9 Å². The Kier molecular flexibility index (Phi) is 8.23. The molecule has 0 atom stereocenters. The summed E-state index contributed by atoms with van der Waals surface area (Å²) in [5, 5.41) is 0.364. The van der Waals surface area contributed by atoms with E-state index in [4.69, 9.17) is 8.37 Å². The molecular formula is C31H29NO8S3. The summed E-state index contributed by atoms with van der Waals surface area (Å²) in [5.74, 6) is -0.0343. The van der Waals surface area contributed by atoms with Crippen LogP contribution in [0.1, 0.15) is 22.3 Å². The van der Waals surface area contributed by atoms with E-state index in [2.05, 4.69) is 0 Å². The molecule has 0 aliphatic rings. The summed E-state index contributed by atoms with van der Waals surface area (Å²) in [7, 11) is -12.3. The molecule has 1 aromatic heterocycles. The van der Waals surface area contributed by atoms with Crippen LogP contribution in [-0.4, -0.2) is 35.8 Å². The Labute approximate surface area is 251 Å². The lowest BCUT2D eigenvalue weighted by molar-refractivity contribution is 0.322. The molecule has 1 heterocycles. The Morgan fingerprint density at radius 2 is 1.09 bits per heavy atom. The van der Waals surface area contributed by atoms with Gasteiger partial charge in [0.25, 0.3) is 20.1 Å². The maximum absolute atomic E-state index is 13.7. The zero-order valence-corrected chi connectivity index (χ0v) is 26.0. The van der Waals surface area contributed by atoms with Gasteiger partial charge in [-0.3, -0.25) is 4.18 Å². The van der Waals surface area contributed by atoms with E-state index in [1.807, 2.05) is 20.8 Å². The summed E-state index contributed by atoms with van der Waals surface area (Å²) in [6.07, 6.45) is 1.39. The van der Waals surface area contributed by atoms with Crippen LogP contribution in [0.3, 0.4) is 0 Å². The van der Waals surface area contributed by atoms with E-state index < -0.39 is 30.3 Å². The SMILES string of the molecule is Cc1ccc(S(=O)(=O)OCCc2cn(S(=O)(=O)c3ccc(C)cc3)c3ccc(OS(=O)(=O)c4ccc(C)cc4)cc23)cc1. The summed E-state index contributed by atoms with van der Waals surface area (Å²) in [6, 6.07) is 23.0. The summed E-state index contributed by atoms with van der Waals surface area (Å²) < 4.78 is 90.4. The van der Waals surface area contributed by atoms with Crippen molar-refractivity contribution >= 4 is 41.2 Å². The van der Waals surface area contributed by atoms with Crippen molar-refractivity contribution in [3.05, 3.63) is 119 Å². The molecule has 0 N–H and O–H groups in total. The number of hydrogen-bond donors (Lipinski definition) is 0. The number of fused-ring (bicyclic) bond motifs is 1. The van der Waals surface area contributed by atoms with Gasteiger partial charge in [0.15, 0.2) is 0 Å². The van der Waals surface area contributed by atoms with Gasteiger partial charge in [-0.1, -0.05) is 53.1 Å². The molecule has 12 heteroatoms. The molecule has 0 amide bonds. The fourth-order valence-electron chi connectivity index (χ4n) is 4.43. The second-order valence-electron chi connectivity index (χ2n) is 10.1. The Morgan fingerprint density at radius 1 is 0.605 bits per heavy atom. The molecule has 0 fully saturated rings. The molecule has 0 saturated heterocycles. The lowest BCUT2D eigenvalue weighted by atomic mass is 10.1. The second-order valence-corrected chi connectivity index (χ2v) is 15.1. The summed E-state index contributed by atoms with van der Waals surface area (Å²) >= 11 is 0. The predicted octanol–water partition coefficient (Wildman–Crippen LogP) is 5.52. The second kappa shape index (κ2) is 11.6. The van der Waals surface area contributed by atoms with Gasteiger partial charge in [0.05, 0.1) is 21.9 Å². The quantitative estimate of drug-likeness (QED) is 0.183. The van der Waals surface area contributed by atoms with Gasteiger partial charge in [-0.05, 0) is 87.4 Å². The number of rotatable bonds is 10. The molecular weight excluding hydrogens is 611 g/mol. The molecule has 5 rings (SSSR count). The van der Waals surface area contributed by atoms with Gasteiger partial charge in [0.1, 0.15) is 10.6 Å². The fourth-order valence-corrected chi connectivity index (χ4v) is 7.66. The molecule has 5 aromatic rings. The fraction of sp³-hybridized carbons (Fsp3) is 0.161. The number of aromatic nitrogens is 1. The molecule has 0 aliphatic carbocycles. The van der Waals surface area contributed by atoms with Crippen LogP contribution in [-0.2, 0) is 40.9 Å². The Morgan fingerprint density at radius 3 is 1.63 bits per heavy atom. The van der Waals surface area contributed by atoms with Crippen LogP contribution in [0.15, 0.2) is 112 Å². The Hall–Kier alpha value is -3.97. The summed E-state index contributed by atoms with van der Waals surface area (Å²) in [5.41, 5.74) is 3.34. The zero-order chi connectivity index (χ0) is 31.0. The minimum atomic E-state index is -4.18. The largest absolute Gasteiger partial charge is 0.379 e. The van der Waals surface area contributed by atoms with E-state index in [-0.39, 0.29) is 39.0 Å². The maximum atomic E-state index is 13.7. The highest BCUT2D eigenvalue weighted by molar-refractivity contribution is 7.90. The molecule has 9 nitrogen and oxygen atoms in total. The van der Waals surface area contributed by atoms with Crippen LogP contribution < -0.4 is 4.18 Å². The average Bonchev–Trinajstić information content (AvgIpc) is 3.32. The average molecular weight is 640 g/mol. The van der Waals surface area contributed by atoms with Gasteiger partial charge in [-0.15, -0.1) is 0 Å². The number of nitrogens with zero attached hydrogens (tertiary/aromatic N) is 1. The van der Waals surface area contributed by atoms with Gasteiger partial charge in [-0.25, -0.2) is 12.4 Å². The molecule has 0 aliphatic heterocycles. The first kappa shape index (κ1) is 30.5. The molecule has 0 radical (unpaired) electrons. The molecule has 4 aromatic carbocycles. The normalized spacial score (nSPS) is 12.4. The van der Waals surface area contributed by atoms with Crippen LogP contribution >= 0.6 is 0 Å². The number of hydrogen-bond acceptors (Lipinski definition) is 8. The molecule has 0 bridgehead atoms. The maximum Gasteiger partial charge on any atom is 0.339 e. The first-order valence-electron chi connectivity index (χ1n) is 13.2. The van der Waals surface area contributed by atoms with E-state index >= 15 is 0 Å². The predicted molar refractivity (Wildman–Crippen MR) is 163 cm³/mol. The molecule has 0 saturated carbocycles. The van der Waals surface area contributed by atoms with Crippen molar-refractivity contribution < 1.29 is 33.6 Å². The highest BCUT2D eigenvalue weighted by Gasteiger charge is 2.24. The monoisotopic (exact) mass is 639 g/mol. The summed E-state index contributed by atoms with van der Waals surface area (Å²) in [6.45, 7) is 5.22. The van der Waals surface area contributed by atoms with E-state index in [9.17, 15) is 25.3 Å². The van der Waals surface area contributed by atoms with E-state index in [1.165, 1.54) is 60.8 Å². The number of benzene rings is 4. The summed E-state index contributed by atoms with van der Waals surface area (Å²) in [4.78, 5) is 0.0224. The molecule has 43 heavy (non-hydrogen) atoms. The highest BCUT2D eigenvalue weighted by Crippen LogP contribution is 2.31. The van der Waals surface area contributed by atoms with Gasteiger partial charge in [-0.2, -0.15) is 16.8 Å². The topological polar surface area (TPSA) is 126 Å². The van der Waals surface area contributed by atoms with Gasteiger partial charge < -0.3 is 4.18 Å². The van der Waals surface area contributed by atoms with Crippen molar-refractivity contribution in [2.75, 3.05) is 6.61 Å². The van der Waals surface area contributed by atoms with Crippen molar-refractivity contribution in [2.24, 2.45) is 0 Å².